The zero-order valence-electron chi connectivity index (χ0n) is 12.2. The predicted octanol–water partition coefficient (Wildman–Crippen LogP) is 2.06. The molecule has 1 aliphatic rings. The van der Waals surface area contributed by atoms with E-state index in [0.717, 1.165) is 38.9 Å². The molecular formula is C16H22N2O2. The maximum atomic E-state index is 12.5. The van der Waals surface area contributed by atoms with Gasteiger partial charge in [0.1, 0.15) is 6.29 Å². The van der Waals surface area contributed by atoms with E-state index >= 15 is 0 Å². The van der Waals surface area contributed by atoms with E-state index in [1.807, 2.05) is 4.90 Å². The molecule has 0 aromatic heterocycles. The van der Waals surface area contributed by atoms with Crippen LogP contribution in [0.1, 0.15) is 41.0 Å². The molecule has 1 aromatic rings. The summed E-state index contributed by atoms with van der Waals surface area (Å²) in [5.41, 5.74) is 1.15. The number of carbonyl (C=O) groups excluding carboxylic acids is 2. The minimum Gasteiger partial charge on any atom is -0.337 e. The summed E-state index contributed by atoms with van der Waals surface area (Å²) in [4.78, 5) is 27.6. The molecule has 0 aliphatic carbocycles. The van der Waals surface area contributed by atoms with Gasteiger partial charge in [-0.3, -0.25) is 14.5 Å². The zero-order chi connectivity index (χ0) is 14.5. The molecule has 1 fully saturated rings. The first kappa shape index (κ1) is 14.7. The SMILES string of the molecule is CC(C)N1CCCN(C(=O)c2cccc(C=O)c2)CC1. The normalized spacial score (nSPS) is 17.1. The summed E-state index contributed by atoms with van der Waals surface area (Å²) in [6, 6.07) is 7.44. The highest BCUT2D eigenvalue weighted by molar-refractivity contribution is 5.95. The van der Waals surface area contributed by atoms with Gasteiger partial charge in [-0.05, 0) is 32.4 Å². The first-order valence-electron chi connectivity index (χ1n) is 7.20. The largest absolute Gasteiger partial charge is 0.337 e. The number of hydrogen-bond donors (Lipinski definition) is 0. The van der Waals surface area contributed by atoms with Crippen molar-refractivity contribution in [3.63, 3.8) is 0 Å². The van der Waals surface area contributed by atoms with E-state index < -0.39 is 0 Å². The Morgan fingerprint density at radius 3 is 2.70 bits per heavy atom. The number of nitrogens with zero attached hydrogens (tertiary/aromatic N) is 2. The lowest BCUT2D eigenvalue weighted by Gasteiger charge is -2.25. The van der Waals surface area contributed by atoms with Gasteiger partial charge in [0.15, 0.2) is 0 Å². The van der Waals surface area contributed by atoms with Crippen LogP contribution in [0.2, 0.25) is 0 Å². The quantitative estimate of drug-likeness (QED) is 0.792. The number of hydrogen-bond acceptors (Lipinski definition) is 3. The minimum atomic E-state index is 0.0271. The zero-order valence-corrected chi connectivity index (χ0v) is 12.2. The summed E-state index contributed by atoms with van der Waals surface area (Å²) in [5, 5.41) is 0. The van der Waals surface area contributed by atoms with Crippen LogP contribution < -0.4 is 0 Å². The molecule has 1 amide bonds. The van der Waals surface area contributed by atoms with E-state index in [1.165, 1.54) is 0 Å². The third-order valence-electron chi connectivity index (χ3n) is 3.82. The molecule has 108 valence electrons. The Balaban J connectivity index is 2.07. The summed E-state index contributed by atoms with van der Waals surface area (Å²) < 4.78 is 0. The van der Waals surface area contributed by atoms with Crippen LogP contribution in [-0.2, 0) is 0 Å². The Morgan fingerprint density at radius 2 is 2.00 bits per heavy atom. The van der Waals surface area contributed by atoms with E-state index in [-0.39, 0.29) is 5.91 Å². The first-order chi connectivity index (χ1) is 9.61. The molecule has 0 atom stereocenters. The maximum Gasteiger partial charge on any atom is 0.253 e. The summed E-state index contributed by atoms with van der Waals surface area (Å²) in [5.74, 6) is 0.0271. The van der Waals surface area contributed by atoms with Gasteiger partial charge in [0.2, 0.25) is 0 Å². The Labute approximate surface area is 120 Å². The van der Waals surface area contributed by atoms with Gasteiger partial charge in [0.25, 0.3) is 5.91 Å². The van der Waals surface area contributed by atoms with Gasteiger partial charge in [0.05, 0.1) is 0 Å². The van der Waals surface area contributed by atoms with Crippen LogP contribution in [-0.4, -0.2) is 54.2 Å². The highest BCUT2D eigenvalue weighted by atomic mass is 16.2. The van der Waals surface area contributed by atoms with E-state index in [4.69, 9.17) is 0 Å². The number of aldehydes is 1. The lowest BCUT2D eigenvalue weighted by molar-refractivity contribution is 0.0759. The molecule has 1 saturated heterocycles. The minimum absolute atomic E-state index is 0.0271. The second-order valence-corrected chi connectivity index (χ2v) is 5.52. The lowest BCUT2D eigenvalue weighted by atomic mass is 10.1. The number of carbonyl (C=O) groups is 2. The van der Waals surface area contributed by atoms with Gasteiger partial charge in [-0.1, -0.05) is 12.1 Å². The van der Waals surface area contributed by atoms with Crippen molar-refractivity contribution in [2.75, 3.05) is 26.2 Å². The van der Waals surface area contributed by atoms with Crippen molar-refractivity contribution >= 4 is 12.2 Å². The van der Waals surface area contributed by atoms with Gasteiger partial charge in [-0.2, -0.15) is 0 Å². The van der Waals surface area contributed by atoms with Crippen molar-refractivity contribution in [3.8, 4) is 0 Å². The van der Waals surface area contributed by atoms with Crippen molar-refractivity contribution < 1.29 is 9.59 Å². The summed E-state index contributed by atoms with van der Waals surface area (Å²) in [7, 11) is 0. The standard InChI is InChI=1S/C16H22N2O2/c1-13(2)17-7-4-8-18(10-9-17)16(20)15-6-3-5-14(11-15)12-19/h3,5-6,11-13H,4,7-10H2,1-2H3. The van der Waals surface area contributed by atoms with Gasteiger partial charge in [0, 0.05) is 43.3 Å². The van der Waals surface area contributed by atoms with Crippen LogP contribution in [0.4, 0.5) is 0 Å². The van der Waals surface area contributed by atoms with Crippen molar-refractivity contribution in [1.82, 2.24) is 9.80 Å². The smallest absolute Gasteiger partial charge is 0.253 e. The molecule has 0 N–H and O–H groups in total. The Morgan fingerprint density at radius 1 is 1.20 bits per heavy atom. The molecule has 0 saturated carbocycles. The summed E-state index contributed by atoms with van der Waals surface area (Å²) in [6.45, 7) is 7.86. The number of amides is 1. The maximum absolute atomic E-state index is 12.5. The second-order valence-electron chi connectivity index (χ2n) is 5.52. The van der Waals surface area contributed by atoms with Crippen molar-refractivity contribution in [2.24, 2.45) is 0 Å². The van der Waals surface area contributed by atoms with Crippen LogP contribution in [0, 0.1) is 0 Å². The topological polar surface area (TPSA) is 40.6 Å². The third-order valence-corrected chi connectivity index (χ3v) is 3.82. The highest BCUT2D eigenvalue weighted by Crippen LogP contribution is 2.12. The molecular weight excluding hydrogens is 252 g/mol. The van der Waals surface area contributed by atoms with E-state index in [1.54, 1.807) is 24.3 Å². The molecule has 0 radical (unpaired) electrons. The van der Waals surface area contributed by atoms with Crippen molar-refractivity contribution in [3.05, 3.63) is 35.4 Å². The Bertz CT molecular complexity index is 485. The van der Waals surface area contributed by atoms with Crippen LogP contribution in [0.25, 0.3) is 0 Å². The van der Waals surface area contributed by atoms with Crippen LogP contribution in [0.5, 0.6) is 0 Å². The predicted molar refractivity (Wildman–Crippen MR) is 79.1 cm³/mol. The molecule has 0 bridgehead atoms. The Kier molecular flexibility index (Phi) is 4.90. The van der Waals surface area contributed by atoms with E-state index in [0.29, 0.717) is 17.2 Å². The van der Waals surface area contributed by atoms with Gasteiger partial charge < -0.3 is 4.90 Å². The highest BCUT2D eigenvalue weighted by Gasteiger charge is 2.21. The fourth-order valence-electron chi connectivity index (χ4n) is 2.58. The van der Waals surface area contributed by atoms with E-state index in [9.17, 15) is 9.59 Å². The number of benzene rings is 1. The Hall–Kier alpha value is -1.68. The summed E-state index contributed by atoms with van der Waals surface area (Å²) in [6.07, 6.45) is 1.77. The summed E-state index contributed by atoms with van der Waals surface area (Å²) >= 11 is 0. The average Bonchev–Trinajstić information content (AvgIpc) is 2.72. The lowest BCUT2D eigenvalue weighted by Crippen LogP contribution is -2.37. The fraction of sp³-hybridized carbons (Fsp3) is 0.500. The molecule has 0 unspecified atom stereocenters. The molecule has 4 nitrogen and oxygen atoms in total. The van der Waals surface area contributed by atoms with Gasteiger partial charge in [-0.25, -0.2) is 0 Å². The molecule has 4 heteroatoms. The molecule has 1 aromatic carbocycles. The second kappa shape index (κ2) is 6.66. The first-order valence-corrected chi connectivity index (χ1v) is 7.20. The molecule has 0 spiro atoms. The van der Waals surface area contributed by atoms with Crippen LogP contribution in [0.3, 0.4) is 0 Å². The molecule has 2 rings (SSSR count). The van der Waals surface area contributed by atoms with Crippen molar-refractivity contribution in [1.29, 1.82) is 0 Å². The monoisotopic (exact) mass is 274 g/mol. The van der Waals surface area contributed by atoms with Crippen LogP contribution in [0.15, 0.2) is 24.3 Å². The fourth-order valence-corrected chi connectivity index (χ4v) is 2.58. The molecule has 20 heavy (non-hydrogen) atoms. The molecule has 1 heterocycles. The number of rotatable bonds is 3. The average molecular weight is 274 g/mol. The van der Waals surface area contributed by atoms with Gasteiger partial charge >= 0.3 is 0 Å². The van der Waals surface area contributed by atoms with Crippen LogP contribution >= 0.6 is 0 Å². The third kappa shape index (κ3) is 3.45. The van der Waals surface area contributed by atoms with Crippen molar-refractivity contribution in [2.45, 2.75) is 26.3 Å². The molecule has 1 aliphatic heterocycles. The van der Waals surface area contributed by atoms with E-state index in [2.05, 4.69) is 18.7 Å². The van der Waals surface area contributed by atoms with Gasteiger partial charge in [-0.15, -0.1) is 0 Å².